The third-order valence-corrected chi connectivity index (χ3v) is 2.76. The van der Waals surface area contributed by atoms with Crippen LogP contribution in [0.25, 0.3) is 0 Å². The lowest BCUT2D eigenvalue weighted by Gasteiger charge is -2.26. The maximum Gasteiger partial charge on any atom is 0.410 e. The molecular weight excluding hydrogens is 423 g/mol. The van der Waals surface area contributed by atoms with Crippen LogP contribution in [0.4, 0.5) is 4.79 Å². The molecule has 0 aromatic carbocycles. The van der Waals surface area contributed by atoms with E-state index in [4.69, 9.17) is 9.47 Å². The summed E-state index contributed by atoms with van der Waals surface area (Å²) in [4.78, 5) is 18.1. The smallest absolute Gasteiger partial charge is 0.410 e. The number of guanidine groups is 1. The van der Waals surface area contributed by atoms with E-state index in [0.29, 0.717) is 39.4 Å². The number of carbonyl (C=O) groups excluding carboxylic acids is 1. The Hall–Kier alpha value is -0.770. The van der Waals surface area contributed by atoms with Gasteiger partial charge in [-0.2, -0.15) is 0 Å². The predicted molar refractivity (Wildman–Crippen MR) is 109 cm³/mol. The lowest BCUT2D eigenvalue weighted by atomic mass is 10.2. The summed E-state index contributed by atoms with van der Waals surface area (Å²) in [6.07, 6.45) is -0.292. The monoisotopic (exact) mass is 458 g/mol. The first-order chi connectivity index (χ1) is 10.8. The van der Waals surface area contributed by atoms with Gasteiger partial charge in [-0.1, -0.05) is 0 Å². The Balaban J connectivity index is 0. The lowest BCUT2D eigenvalue weighted by molar-refractivity contribution is 0.0264. The minimum Gasteiger partial charge on any atom is -0.444 e. The normalized spacial score (nSPS) is 11.5. The van der Waals surface area contributed by atoms with Crippen molar-refractivity contribution in [3.05, 3.63) is 0 Å². The number of likely N-dealkylation sites (N-methyl/N-ethyl adjacent to an activating group) is 1. The first-order valence-electron chi connectivity index (χ1n) is 8.41. The zero-order valence-electron chi connectivity index (χ0n) is 16.0. The van der Waals surface area contributed by atoms with Crippen LogP contribution in [0.15, 0.2) is 4.99 Å². The van der Waals surface area contributed by atoms with Crippen molar-refractivity contribution in [3.8, 4) is 0 Å². The fourth-order valence-corrected chi connectivity index (χ4v) is 1.72. The van der Waals surface area contributed by atoms with Gasteiger partial charge in [0.15, 0.2) is 5.96 Å². The lowest BCUT2D eigenvalue weighted by Crippen LogP contribution is -2.44. The molecule has 2 N–H and O–H groups in total. The Morgan fingerprint density at radius 3 is 2.33 bits per heavy atom. The zero-order valence-corrected chi connectivity index (χ0v) is 18.3. The van der Waals surface area contributed by atoms with Crippen molar-refractivity contribution in [1.82, 2.24) is 15.5 Å². The number of amides is 1. The third-order valence-electron chi connectivity index (χ3n) is 2.76. The Labute approximate surface area is 164 Å². The second-order valence-electron chi connectivity index (χ2n) is 5.94. The van der Waals surface area contributed by atoms with Gasteiger partial charge in [0.1, 0.15) is 5.60 Å². The van der Waals surface area contributed by atoms with Gasteiger partial charge in [0.25, 0.3) is 0 Å². The molecule has 8 heteroatoms. The second-order valence-corrected chi connectivity index (χ2v) is 5.94. The van der Waals surface area contributed by atoms with Gasteiger partial charge in [-0.05, 0) is 41.5 Å². The Morgan fingerprint density at radius 2 is 1.83 bits per heavy atom. The van der Waals surface area contributed by atoms with E-state index in [2.05, 4.69) is 15.6 Å². The van der Waals surface area contributed by atoms with Gasteiger partial charge in [0, 0.05) is 32.8 Å². The van der Waals surface area contributed by atoms with E-state index in [9.17, 15) is 4.79 Å². The van der Waals surface area contributed by atoms with Crippen LogP contribution in [-0.4, -0.2) is 68.5 Å². The Kier molecular flexibility index (Phi) is 15.5. The molecular formula is C16H35IN4O3. The molecule has 0 aromatic rings. The van der Waals surface area contributed by atoms with E-state index in [-0.39, 0.29) is 30.1 Å². The number of rotatable bonds is 9. The molecule has 0 saturated carbocycles. The number of nitrogens with one attached hydrogen (secondary N) is 2. The number of hydrogen-bond donors (Lipinski definition) is 2. The van der Waals surface area contributed by atoms with E-state index in [0.717, 1.165) is 12.5 Å². The molecule has 0 bridgehead atoms. The van der Waals surface area contributed by atoms with Gasteiger partial charge in [-0.3, -0.25) is 4.99 Å². The molecule has 0 aliphatic rings. The third kappa shape index (κ3) is 13.6. The number of ether oxygens (including phenoxy) is 2. The molecule has 24 heavy (non-hydrogen) atoms. The topological polar surface area (TPSA) is 75.2 Å². The van der Waals surface area contributed by atoms with Crippen LogP contribution in [0.5, 0.6) is 0 Å². The van der Waals surface area contributed by atoms with E-state index >= 15 is 0 Å². The van der Waals surface area contributed by atoms with Crippen molar-refractivity contribution in [2.75, 3.05) is 45.9 Å². The fourth-order valence-electron chi connectivity index (χ4n) is 1.72. The molecule has 1 amide bonds. The summed E-state index contributed by atoms with van der Waals surface area (Å²) in [7, 11) is 0. The zero-order chi connectivity index (χ0) is 17.7. The molecule has 0 unspecified atom stereocenters. The summed E-state index contributed by atoms with van der Waals surface area (Å²) in [6, 6.07) is 0. The van der Waals surface area contributed by atoms with Gasteiger partial charge in [-0.25, -0.2) is 4.79 Å². The van der Waals surface area contributed by atoms with Crippen LogP contribution in [0.3, 0.4) is 0 Å². The van der Waals surface area contributed by atoms with Gasteiger partial charge in [0.2, 0.25) is 0 Å². The first kappa shape index (κ1) is 25.5. The fraction of sp³-hybridized carbons (Fsp3) is 0.875. The highest BCUT2D eigenvalue weighted by atomic mass is 127. The van der Waals surface area contributed by atoms with Gasteiger partial charge in [-0.15, -0.1) is 24.0 Å². The molecule has 144 valence electrons. The quantitative estimate of drug-likeness (QED) is 0.240. The average Bonchev–Trinajstić information content (AvgIpc) is 2.46. The van der Waals surface area contributed by atoms with Crippen LogP contribution >= 0.6 is 24.0 Å². The minimum absolute atomic E-state index is 0. The van der Waals surface area contributed by atoms with Crippen LogP contribution in [0, 0.1) is 0 Å². The van der Waals surface area contributed by atoms with Crippen molar-refractivity contribution in [3.63, 3.8) is 0 Å². The van der Waals surface area contributed by atoms with Crippen molar-refractivity contribution in [2.45, 2.75) is 47.1 Å². The molecule has 0 spiro atoms. The molecule has 0 atom stereocenters. The molecule has 0 rings (SSSR count). The molecule has 0 heterocycles. The molecule has 0 aliphatic heterocycles. The predicted octanol–water partition coefficient (Wildman–Crippen LogP) is 2.45. The number of carbonyl (C=O) groups is 1. The van der Waals surface area contributed by atoms with Crippen molar-refractivity contribution in [2.24, 2.45) is 4.99 Å². The Morgan fingerprint density at radius 1 is 1.17 bits per heavy atom. The molecule has 0 aromatic heterocycles. The molecule has 0 saturated heterocycles. The first-order valence-corrected chi connectivity index (χ1v) is 8.41. The highest BCUT2D eigenvalue weighted by molar-refractivity contribution is 14.0. The van der Waals surface area contributed by atoms with Crippen LogP contribution in [-0.2, 0) is 9.47 Å². The number of hydrogen-bond acceptors (Lipinski definition) is 4. The summed E-state index contributed by atoms with van der Waals surface area (Å²) in [5.41, 5.74) is -0.479. The summed E-state index contributed by atoms with van der Waals surface area (Å²) >= 11 is 0. The van der Waals surface area contributed by atoms with Crippen molar-refractivity contribution in [1.29, 1.82) is 0 Å². The van der Waals surface area contributed by atoms with Gasteiger partial charge < -0.3 is 25.0 Å². The average molecular weight is 458 g/mol. The van der Waals surface area contributed by atoms with Gasteiger partial charge in [0.05, 0.1) is 13.2 Å². The summed E-state index contributed by atoms with van der Waals surface area (Å²) in [5.74, 6) is 0.729. The molecule has 7 nitrogen and oxygen atoms in total. The summed E-state index contributed by atoms with van der Waals surface area (Å²) in [6.45, 7) is 16.0. The second kappa shape index (κ2) is 14.6. The van der Waals surface area contributed by atoms with E-state index in [1.54, 1.807) is 4.90 Å². The highest BCUT2D eigenvalue weighted by Gasteiger charge is 2.20. The van der Waals surface area contributed by atoms with E-state index in [1.165, 1.54) is 0 Å². The molecule has 0 aliphatic carbocycles. The van der Waals surface area contributed by atoms with Gasteiger partial charge >= 0.3 is 6.09 Å². The number of halogens is 1. The maximum atomic E-state index is 12.0. The van der Waals surface area contributed by atoms with Crippen molar-refractivity contribution < 1.29 is 14.3 Å². The minimum atomic E-state index is -0.479. The van der Waals surface area contributed by atoms with E-state index < -0.39 is 5.60 Å². The number of nitrogens with zero attached hydrogens (tertiary/aromatic N) is 2. The van der Waals surface area contributed by atoms with Crippen LogP contribution in [0.2, 0.25) is 0 Å². The largest absolute Gasteiger partial charge is 0.444 e. The van der Waals surface area contributed by atoms with Crippen molar-refractivity contribution >= 4 is 36.0 Å². The number of aliphatic imine (C=N–C) groups is 1. The van der Waals surface area contributed by atoms with E-state index in [1.807, 2.05) is 41.5 Å². The van der Waals surface area contributed by atoms with Crippen LogP contribution < -0.4 is 10.6 Å². The highest BCUT2D eigenvalue weighted by Crippen LogP contribution is 2.09. The summed E-state index contributed by atoms with van der Waals surface area (Å²) < 4.78 is 10.7. The molecule has 0 fully saturated rings. The Bertz CT molecular complexity index is 360. The standard InChI is InChI=1S/C16H34N4O3.HI/c1-7-17-14(19-11-13-22-9-3)18-10-12-20(8-2)15(21)23-16(4,5)6;/h7-13H2,1-6H3,(H2,17,18,19);1H. The summed E-state index contributed by atoms with van der Waals surface area (Å²) in [5, 5.41) is 6.38. The maximum absolute atomic E-state index is 12.0. The SMILES string of the molecule is CCNC(=NCCOCC)NCCN(CC)C(=O)OC(C)(C)C.I. The molecule has 0 radical (unpaired) electrons. The van der Waals surface area contributed by atoms with Crippen LogP contribution in [0.1, 0.15) is 41.5 Å².